The van der Waals surface area contributed by atoms with E-state index in [-0.39, 0.29) is 0 Å². The Morgan fingerprint density at radius 2 is 2.30 bits per heavy atom. The van der Waals surface area contributed by atoms with E-state index in [1.807, 2.05) is 0 Å². The van der Waals surface area contributed by atoms with E-state index < -0.39 is 0 Å². The van der Waals surface area contributed by atoms with E-state index in [4.69, 9.17) is 5.84 Å². The summed E-state index contributed by atoms with van der Waals surface area (Å²) in [7, 11) is 0. The molecule has 1 rings (SSSR count). The van der Waals surface area contributed by atoms with Crippen LogP contribution in [0.15, 0.2) is 0 Å². The zero-order valence-electron chi connectivity index (χ0n) is 6.31. The van der Waals surface area contributed by atoms with Gasteiger partial charge in [-0.25, -0.2) is 0 Å². The molecule has 0 aromatic rings. The largest absolute Gasteiger partial charge is 0.271 e. The quantitative estimate of drug-likeness (QED) is 0.467. The van der Waals surface area contributed by atoms with Crippen LogP contribution in [-0.4, -0.2) is 18.1 Å². The highest BCUT2D eigenvalue weighted by atomic mass is 32.2. The number of nitrogens with one attached hydrogen (secondary N) is 1. The van der Waals surface area contributed by atoms with Gasteiger partial charge in [0.05, 0.1) is 0 Å². The Kier molecular flexibility index (Phi) is 4.18. The zero-order chi connectivity index (χ0) is 7.23. The van der Waals surface area contributed by atoms with Gasteiger partial charge in [-0.2, -0.15) is 11.8 Å². The van der Waals surface area contributed by atoms with Crippen LogP contribution < -0.4 is 11.3 Å². The first-order valence-electron chi connectivity index (χ1n) is 3.94. The highest BCUT2D eigenvalue weighted by molar-refractivity contribution is 7.99. The lowest BCUT2D eigenvalue weighted by molar-refractivity contribution is 0.444. The van der Waals surface area contributed by atoms with Crippen molar-refractivity contribution in [3.8, 4) is 0 Å². The average Bonchev–Trinajstić information content (AvgIpc) is 2.17. The Bertz CT molecular complexity index is 79.7. The second kappa shape index (κ2) is 4.99. The number of hydrogen-bond donors (Lipinski definition) is 2. The lowest BCUT2D eigenvalue weighted by Crippen LogP contribution is -2.28. The van der Waals surface area contributed by atoms with Crippen molar-refractivity contribution in [3.63, 3.8) is 0 Å². The highest BCUT2D eigenvalue weighted by Gasteiger charge is 2.10. The lowest BCUT2D eigenvalue weighted by Gasteiger charge is -2.11. The summed E-state index contributed by atoms with van der Waals surface area (Å²) in [5, 5.41) is 0. The zero-order valence-corrected chi connectivity index (χ0v) is 7.12. The number of rotatable bonds is 2. The van der Waals surface area contributed by atoms with Gasteiger partial charge in [0.2, 0.25) is 0 Å². The molecule has 1 aliphatic rings. The Morgan fingerprint density at radius 3 is 3.10 bits per heavy atom. The SMILES string of the molecule is NNCC1CCCSCC1. The minimum absolute atomic E-state index is 0.833. The van der Waals surface area contributed by atoms with Crippen molar-refractivity contribution >= 4 is 11.8 Å². The number of hydrogen-bond acceptors (Lipinski definition) is 3. The number of hydrazine groups is 1. The third kappa shape index (κ3) is 2.90. The first kappa shape index (κ1) is 8.37. The molecule has 0 radical (unpaired) electrons. The molecule has 0 spiro atoms. The number of nitrogens with two attached hydrogens (primary N) is 1. The maximum atomic E-state index is 5.25. The molecular weight excluding hydrogens is 144 g/mol. The second-order valence-corrected chi connectivity index (χ2v) is 4.04. The summed E-state index contributed by atoms with van der Waals surface area (Å²) in [6.07, 6.45) is 4.07. The normalized spacial score (nSPS) is 27.9. The Morgan fingerprint density at radius 1 is 1.40 bits per heavy atom. The summed E-state index contributed by atoms with van der Waals surface area (Å²) < 4.78 is 0. The summed E-state index contributed by atoms with van der Waals surface area (Å²) in [4.78, 5) is 0. The summed E-state index contributed by atoms with van der Waals surface area (Å²) >= 11 is 2.08. The minimum atomic E-state index is 0.833. The maximum Gasteiger partial charge on any atom is 0.0126 e. The molecule has 60 valence electrons. The molecule has 0 aromatic carbocycles. The van der Waals surface area contributed by atoms with Crippen molar-refractivity contribution in [3.05, 3.63) is 0 Å². The van der Waals surface area contributed by atoms with Gasteiger partial charge in [0.15, 0.2) is 0 Å². The Labute approximate surface area is 66.9 Å². The first-order valence-corrected chi connectivity index (χ1v) is 5.10. The Hall–Kier alpha value is 0.270. The minimum Gasteiger partial charge on any atom is -0.271 e. The van der Waals surface area contributed by atoms with Gasteiger partial charge in [0, 0.05) is 6.54 Å². The van der Waals surface area contributed by atoms with Crippen LogP contribution in [-0.2, 0) is 0 Å². The highest BCUT2D eigenvalue weighted by Crippen LogP contribution is 2.20. The van der Waals surface area contributed by atoms with Crippen molar-refractivity contribution in [2.24, 2.45) is 11.8 Å². The van der Waals surface area contributed by atoms with E-state index in [0.717, 1.165) is 12.5 Å². The van der Waals surface area contributed by atoms with Gasteiger partial charge in [-0.15, -0.1) is 0 Å². The lowest BCUT2D eigenvalue weighted by atomic mass is 10.0. The molecule has 1 atom stereocenters. The van der Waals surface area contributed by atoms with Crippen molar-refractivity contribution in [2.75, 3.05) is 18.1 Å². The fourth-order valence-electron chi connectivity index (χ4n) is 1.34. The average molecular weight is 160 g/mol. The van der Waals surface area contributed by atoms with Gasteiger partial charge in [0.1, 0.15) is 0 Å². The van der Waals surface area contributed by atoms with Gasteiger partial charge >= 0.3 is 0 Å². The smallest absolute Gasteiger partial charge is 0.0126 e. The molecule has 1 fully saturated rings. The molecule has 1 aliphatic heterocycles. The predicted octanol–water partition coefficient (Wildman–Crippen LogP) is 0.983. The van der Waals surface area contributed by atoms with Crippen LogP contribution in [0.4, 0.5) is 0 Å². The molecule has 1 heterocycles. The fourth-order valence-corrected chi connectivity index (χ4v) is 2.42. The molecule has 0 saturated carbocycles. The van der Waals surface area contributed by atoms with Crippen LogP contribution in [0.5, 0.6) is 0 Å². The molecule has 0 bridgehead atoms. The summed E-state index contributed by atoms with van der Waals surface area (Å²) in [6, 6.07) is 0. The third-order valence-corrected chi connectivity index (χ3v) is 3.08. The molecule has 1 unspecified atom stereocenters. The van der Waals surface area contributed by atoms with Gasteiger partial charge in [-0.3, -0.25) is 11.3 Å². The van der Waals surface area contributed by atoms with Crippen molar-refractivity contribution in [1.29, 1.82) is 0 Å². The van der Waals surface area contributed by atoms with Crippen LogP contribution in [0, 0.1) is 5.92 Å². The van der Waals surface area contributed by atoms with Crippen LogP contribution in [0.2, 0.25) is 0 Å². The van der Waals surface area contributed by atoms with Crippen LogP contribution >= 0.6 is 11.8 Å². The number of thioether (sulfide) groups is 1. The molecular formula is C7H16N2S. The molecule has 2 nitrogen and oxygen atoms in total. The monoisotopic (exact) mass is 160 g/mol. The van der Waals surface area contributed by atoms with Crippen LogP contribution in [0.25, 0.3) is 0 Å². The van der Waals surface area contributed by atoms with E-state index >= 15 is 0 Å². The molecule has 0 aliphatic carbocycles. The predicted molar refractivity (Wildman–Crippen MR) is 46.9 cm³/mol. The maximum absolute atomic E-state index is 5.25. The van der Waals surface area contributed by atoms with Gasteiger partial charge < -0.3 is 0 Å². The van der Waals surface area contributed by atoms with E-state index in [2.05, 4.69) is 17.2 Å². The van der Waals surface area contributed by atoms with Gasteiger partial charge in [0.25, 0.3) is 0 Å². The molecule has 0 aromatic heterocycles. The van der Waals surface area contributed by atoms with E-state index in [1.165, 1.54) is 30.8 Å². The van der Waals surface area contributed by atoms with Gasteiger partial charge in [-0.05, 0) is 36.7 Å². The Balaban J connectivity index is 2.15. The first-order chi connectivity index (χ1) is 4.93. The molecule has 10 heavy (non-hydrogen) atoms. The topological polar surface area (TPSA) is 38.0 Å². The van der Waals surface area contributed by atoms with E-state index in [9.17, 15) is 0 Å². The third-order valence-electron chi connectivity index (χ3n) is 1.98. The van der Waals surface area contributed by atoms with Crippen molar-refractivity contribution in [1.82, 2.24) is 5.43 Å². The van der Waals surface area contributed by atoms with E-state index in [1.54, 1.807) is 0 Å². The van der Waals surface area contributed by atoms with Crippen LogP contribution in [0.1, 0.15) is 19.3 Å². The van der Waals surface area contributed by atoms with Crippen LogP contribution in [0.3, 0.4) is 0 Å². The summed E-state index contributed by atoms with van der Waals surface area (Å²) in [5.41, 5.74) is 2.76. The molecule has 1 saturated heterocycles. The summed E-state index contributed by atoms with van der Waals surface area (Å²) in [5.74, 6) is 8.76. The van der Waals surface area contributed by atoms with Crippen molar-refractivity contribution < 1.29 is 0 Å². The molecule has 0 amide bonds. The molecule has 3 heteroatoms. The van der Waals surface area contributed by atoms with Crippen molar-refractivity contribution in [2.45, 2.75) is 19.3 Å². The van der Waals surface area contributed by atoms with E-state index in [0.29, 0.717) is 0 Å². The molecule has 3 N–H and O–H groups in total. The standard InChI is InChI=1S/C7H16N2S/c8-9-6-7-2-1-4-10-5-3-7/h7,9H,1-6,8H2. The van der Waals surface area contributed by atoms with Gasteiger partial charge in [-0.1, -0.05) is 0 Å². The summed E-state index contributed by atoms with van der Waals surface area (Å²) in [6.45, 7) is 1.00. The fraction of sp³-hybridized carbons (Fsp3) is 1.00. The second-order valence-electron chi connectivity index (χ2n) is 2.82.